The van der Waals surface area contributed by atoms with Gasteiger partial charge in [0.1, 0.15) is 0 Å². The van der Waals surface area contributed by atoms with Gasteiger partial charge in [-0.1, -0.05) is 35.9 Å². The van der Waals surface area contributed by atoms with Crippen molar-refractivity contribution in [2.24, 2.45) is 0 Å². The molecule has 1 atom stereocenters. The van der Waals surface area contributed by atoms with Crippen molar-refractivity contribution in [2.75, 3.05) is 32.8 Å². The normalized spacial score (nSPS) is 15.9. The molecule has 0 bridgehead atoms. The fraction of sp³-hybridized carbons (Fsp3) is 0.350. The molecule has 0 saturated carbocycles. The van der Waals surface area contributed by atoms with Crippen LogP contribution in [0.1, 0.15) is 27.5 Å². The summed E-state index contributed by atoms with van der Waals surface area (Å²) >= 11 is 0. The summed E-state index contributed by atoms with van der Waals surface area (Å²) in [4.78, 5) is 25.5. The van der Waals surface area contributed by atoms with Crippen molar-refractivity contribution in [1.29, 1.82) is 0 Å². The first-order chi connectivity index (χ1) is 13.0. The largest absolute Gasteiger partial charge is 0.379 e. The van der Waals surface area contributed by atoms with Crippen molar-refractivity contribution < 1.29 is 14.5 Å². The number of nitro benzene ring substituents is 1. The summed E-state index contributed by atoms with van der Waals surface area (Å²) in [6.45, 7) is 5.67. The second-order valence-electron chi connectivity index (χ2n) is 6.66. The lowest BCUT2D eigenvalue weighted by Crippen LogP contribution is -2.43. The summed E-state index contributed by atoms with van der Waals surface area (Å²) in [6, 6.07) is 13.6. The molecule has 0 spiro atoms. The first-order valence-corrected chi connectivity index (χ1v) is 8.95. The van der Waals surface area contributed by atoms with Crippen LogP contribution in [0.25, 0.3) is 0 Å². The van der Waals surface area contributed by atoms with E-state index in [4.69, 9.17) is 4.74 Å². The topological polar surface area (TPSA) is 84.7 Å². The highest BCUT2D eigenvalue weighted by atomic mass is 16.6. The number of amides is 1. The van der Waals surface area contributed by atoms with E-state index in [0.717, 1.165) is 24.2 Å². The van der Waals surface area contributed by atoms with Gasteiger partial charge in [-0.2, -0.15) is 0 Å². The zero-order valence-electron chi connectivity index (χ0n) is 15.3. The average Bonchev–Trinajstić information content (AvgIpc) is 2.69. The second-order valence-corrected chi connectivity index (χ2v) is 6.66. The molecule has 7 heteroatoms. The molecular weight excluding hydrogens is 346 g/mol. The van der Waals surface area contributed by atoms with Gasteiger partial charge in [-0.3, -0.25) is 19.8 Å². The molecule has 0 radical (unpaired) electrons. The van der Waals surface area contributed by atoms with Gasteiger partial charge in [0, 0.05) is 37.3 Å². The van der Waals surface area contributed by atoms with Crippen molar-refractivity contribution in [3.63, 3.8) is 0 Å². The maximum Gasteiger partial charge on any atom is 0.270 e. The zero-order valence-corrected chi connectivity index (χ0v) is 15.3. The number of non-ortho nitro benzene ring substituents is 1. The number of aryl methyl sites for hydroxylation is 1. The monoisotopic (exact) mass is 369 g/mol. The maximum absolute atomic E-state index is 12.7. The summed E-state index contributed by atoms with van der Waals surface area (Å²) in [5.41, 5.74) is 2.34. The highest BCUT2D eigenvalue weighted by Crippen LogP contribution is 2.19. The fourth-order valence-electron chi connectivity index (χ4n) is 3.08. The Balaban J connectivity index is 1.79. The minimum absolute atomic E-state index is 0.0947. The number of nitrogens with zero attached hydrogens (tertiary/aromatic N) is 2. The number of benzene rings is 2. The third kappa shape index (κ3) is 5.12. The predicted octanol–water partition coefficient (Wildman–Crippen LogP) is 2.71. The molecule has 1 saturated heterocycles. The van der Waals surface area contributed by atoms with E-state index in [-0.39, 0.29) is 23.2 Å². The van der Waals surface area contributed by atoms with Gasteiger partial charge in [-0.05, 0) is 18.6 Å². The molecule has 3 rings (SSSR count). The van der Waals surface area contributed by atoms with Crippen molar-refractivity contribution in [1.82, 2.24) is 10.2 Å². The smallest absolute Gasteiger partial charge is 0.270 e. The Hall–Kier alpha value is -2.77. The van der Waals surface area contributed by atoms with Crippen LogP contribution in [-0.4, -0.2) is 48.6 Å². The summed E-state index contributed by atoms with van der Waals surface area (Å²) in [7, 11) is 0. The van der Waals surface area contributed by atoms with E-state index in [0.29, 0.717) is 19.8 Å². The number of nitro groups is 1. The molecule has 1 fully saturated rings. The number of ether oxygens (including phenoxy) is 1. The van der Waals surface area contributed by atoms with Gasteiger partial charge in [-0.15, -0.1) is 0 Å². The quantitative estimate of drug-likeness (QED) is 0.625. The summed E-state index contributed by atoms with van der Waals surface area (Å²) in [5, 5.41) is 14.0. The summed E-state index contributed by atoms with van der Waals surface area (Å²) in [5.74, 6) is -0.322. The Morgan fingerprint density at radius 1 is 1.22 bits per heavy atom. The van der Waals surface area contributed by atoms with Crippen LogP contribution in [-0.2, 0) is 4.74 Å². The minimum Gasteiger partial charge on any atom is -0.379 e. The Labute approximate surface area is 158 Å². The minimum atomic E-state index is -0.498. The lowest BCUT2D eigenvalue weighted by Gasteiger charge is -2.31. The third-order valence-corrected chi connectivity index (χ3v) is 4.65. The highest BCUT2D eigenvalue weighted by molar-refractivity contribution is 5.95. The van der Waals surface area contributed by atoms with Gasteiger partial charge < -0.3 is 10.1 Å². The van der Waals surface area contributed by atoms with Crippen LogP contribution >= 0.6 is 0 Å². The number of nitrogens with one attached hydrogen (secondary N) is 1. The van der Waals surface area contributed by atoms with Crippen LogP contribution in [0.15, 0.2) is 48.5 Å². The molecule has 1 N–H and O–H groups in total. The average molecular weight is 369 g/mol. The van der Waals surface area contributed by atoms with E-state index in [1.165, 1.54) is 18.2 Å². The van der Waals surface area contributed by atoms with Crippen molar-refractivity contribution in [3.8, 4) is 0 Å². The highest BCUT2D eigenvalue weighted by Gasteiger charge is 2.21. The number of carbonyl (C=O) groups is 1. The van der Waals surface area contributed by atoms with Gasteiger partial charge in [0.2, 0.25) is 0 Å². The number of hydrogen-bond acceptors (Lipinski definition) is 5. The molecule has 27 heavy (non-hydrogen) atoms. The van der Waals surface area contributed by atoms with E-state index in [1.54, 1.807) is 6.07 Å². The molecule has 2 aromatic carbocycles. The molecule has 1 heterocycles. The van der Waals surface area contributed by atoms with Crippen LogP contribution in [0.2, 0.25) is 0 Å². The van der Waals surface area contributed by atoms with E-state index in [1.807, 2.05) is 31.2 Å². The van der Waals surface area contributed by atoms with Crippen molar-refractivity contribution >= 4 is 11.6 Å². The number of morpholine rings is 1. The Bertz CT molecular complexity index is 801. The second kappa shape index (κ2) is 8.75. The number of hydrogen-bond donors (Lipinski definition) is 1. The van der Waals surface area contributed by atoms with Crippen LogP contribution in [0, 0.1) is 17.0 Å². The Kier molecular flexibility index (Phi) is 6.16. The van der Waals surface area contributed by atoms with Crippen molar-refractivity contribution in [2.45, 2.75) is 13.0 Å². The van der Waals surface area contributed by atoms with Crippen LogP contribution in [0.5, 0.6) is 0 Å². The van der Waals surface area contributed by atoms with Crippen LogP contribution < -0.4 is 5.32 Å². The maximum atomic E-state index is 12.7. The van der Waals surface area contributed by atoms with Gasteiger partial charge in [0.05, 0.1) is 24.2 Å². The molecule has 1 amide bonds. The third-order valence-electron chi connectivity index (χ3n) is 4.65. The predicted molar refractivity (Wildman–Crippen MR) is 102 cm³/mol. The molecule has 7 nitrogen and oxygen atoms in total. The van der Waals surface area contributed by atoms with Gasteiger partial charge in [0.25, 0.3) is 11.6 Å². The Morgan fingerprint density at radius 3 is 2.59 bits per heavy atom. The van der Waals surface area contributed by atoms with Gasteiger partial charge in [0.15, 0.2) is 0 Å². The molecule has 2 aromatic rings. The standard InChI is InChI=1S/C20H23N3O4/c1-15-5-7-16(8-6-15)19(14-22-9-11-27-12-10-22)21-20(24)17-3-2-4-18(13-17)23(25)26/h2-8,13,19H,9-12,14H2,1H3,(H,21,24)/t19-/m0/s1. The van der Waals surface area contributed by atoms with Crippen LogP contribution in [0.4, 0.5) is 5.69 Å². The SMILES string of the molecule is Cc1ccc([C@H](CN2CCOCC2)NC(=O)c2cccc([N+](=O)[O-])c2)cc1. The number of rotatable bonds is 6. The molecule has 0 unspecified atom stereocenters. The number of carbonyl (C=O) groups excluding carboxylic acids is 1. The summed E-state index contributed by atoms with van der Waals surface area (Å²) in [6.07, 6.45) is 0. The lowest BCUT2D eigenvalue weighted by molar-refractivity contribution is -0.384. The Morgan fingerprint density at radius 2 is 1.93 bits per heavy atom. The van der Waals surface area contributed by atoms with E-state index >= 15 is 0 Å². The molecule has 1 aliphatic rings. The van der Waals surface area contributed by atoms with Gasteiger partial charge in [-0.25, -0.2) is 0 Å². The lowest BCUT2D eigenvalue weighted by atomic mass is 10.0. The first-order valence-electron chi connectivity index (χ1n) is 8.95. The van der Waals surface area contributed by atoms with Gasteiger partial charge >= 0.3 is 0 Å². The summed E-state index contributed by atoms with van der Waals surface area (Å²) < 4.78 is 5.40. The fourth-order valence-corrected chi connectivity index (χ4v) is 3.08. The molecule has 142 valence electrons. The van der Waals surface area contributed by atoms with E-state index in [2.05, 4.69) is 10.2 Å². The van der Waals surface area contributed by atoms with E-state index in [9.17, 15) is 14.9 Å². The molecule has 0 aliphatic carbocycles. The van der Waals surface area contributed by atoms with Crippen molar-refractivity contribution in [3.05, 3.63) is 75.3 Å². The molecule has 1 aliphatic heterocycles. The first kappa shape index (κ1) is 19.0. The molecule has 0 aromatic heterocycles. The van der Waals surface area contributed by atoms with E-state index < -0.39 is 4.92 Å². The zero-order chi connectivity index (χ0) is 19.2. The molecular formula is C20H23N3O4. The van der Waals surface area contributed by atoms with Crippen LogP contribution in [0.3, 0.4) is 0 Å².